The first kappa shape index (κ1) is 15.3. The van der Waals surface area contributed by atoms with Crippen LogP contribution in [-0.4, -0.2) is 32.8 Å². The molecule has 0 bridgehead atoms. The van der Waals surface area contributed by atoms with Crippen LogP contribution in [0.5, 0.6) is 5.75 Å². The molecule has 0 spiro atoms. The predicted molar refractivity (Wildman–Crippen MR) is 75.3 cm³/mol. The van der Waals surface area contributed by atoms with Gasteiger partial charge < -0.3 is 20.5 Å². The Labute approximate surface area is 114 Å². The summed E-state index contributed by atoms with van der Waals surface area (Å²) < 4.78 is 10.5. The molecule has 0 aliphatic rings. The van der Waals surface area contributed by atoms with Crippen LogP contribution < -0.4 is 15.8 Å². The van der Waals surface area contributed by atoms with E-state index in [0.29, 0.717) is 12.5 Å². The van der Waals surface area contributed by atoms with Gasteiger partial charge in [-0.25, -0.2) is 0 Å². The van der Waals surface area contributed by atoms with Crippen LogP contribution in [0.2, 0.25) is 0 Å². The number of benzene rings is 1. The Morgan fingerprint density at radius 3 is 2.63 bits per heavy atom. The number of primary amides is 1. The first-order valence-electron chi connectivity index (χ1n) is 6.35. The Balaban J connectivity index is 2.32. The van der Waals surface area contributed by atoms with E-state index < -0.39 is 0 Å². The maximum absolute atomic E-state index is 10.6. The van der Waals surface area contributed by atoms with Gasteiger partial charge in [-0.2, -0.15) is 0 Å². The van der Waals surface area contributed by atoms with Gasteiger partial charge in [0, 0.05) is 19.3 Å². The zero-order chi connectivity index (χ0) is 14.1. The summed E-state index contributed by atoms with van der Waals surface area (Å²) in [5.74, 6) is 0.832. The van der Waals surface area contributed by atoms with Crippen LogP contribution in [0.25, 0.3) is 0 Å². The molecule has 5 heteroatoms. The third kappa shape index (κ3) is 6.67. The van der Waals surface area contributed by atoms with Gasteiger partial charge in [0.1, 0.15) is 5.75 Å². The van der Waals surface area contributed by atoms with Crippen LogP contribution in [0.4, 0.5) is 5.69 Å². The van der Waals surface area contributed by atoms with E-state index in [2.05, 4.69) is 12.2 Å². The van der Waals surface area contributed by atoms with Crippen molar-refractivity contribution in [3.05, 3.63) is 24.3 Å². The summed E-state index contributed by atoms with van der Waals surface area (Å²) in [7, 11) is 1.70. The fourth-order valence-corrected chi connectivity index (χ4v) is 1.57. The average molecular weight is 266 g/mol. The van der Waals surface area contributed by atoms with Crippen molar-refractivity contribution in [1.82, 2.24) is 0 Å². The number of amides is 1. The molecular formula is C14H22N2O3. The number of methoxy groups -OCH3 is 1. The molecule has 1 aromatic carbocycles. The summed E-state index contributed by atoms with van der Waals surface area (Å²) in [5.41, 5.74) is 6.07. The highest BCUT2D eigenvalue weighted by atomic mass is 16.5. The molecule has 1 aromatic rings. The number of anilines is 1. The van der Waals surface area contributed by atoms with Crippen LogP contribution in [0.3, 0.4) is 0 Å². The Bertz CT molecular complexity index is 379. The van der Waals surface area contributed by atoms with Gasteiger partial charge in [0.25, 0.3) is 0 Å². The molecule has 1 rings (SSSR count). The van der Waals surface area contributed by atoms with Crippen molar-refractivity contribution in [2.24, 2.45) is 11.7 Å². The van der Waals surface area contributed by atoms with Gasteiger partial charge in [-0.15, -0.1) is 0 Å². The smallest absolute Gasteiger partial charge is 0.220 e. The SMILES string of the molecule is COCC(C)CNc1ccc(OCCC(N)=O)cc1. The maximum Gasteiger partial charge on any atom is 0.220 e. The number of hydrogen-bond acceptors (Lipinski definition) is 4. The van der Waals surface area contributed by atoms with Gasteiger partial charge in [0.2, 0.25) is 5.91 Å². The minimum absolute atomic E-state index is 0.231. The molecule has 1 atom stereocenters. The normalized spacial score (nSPS) is 11.9. The zero-order valence-electron chi connectivity index (χ0n) is 11.5. The fourth-order valence-electron chi connectivity index (χ4n) is 1.57. The van der Waals surface area contributed by atoms with Crippen LogP contribution >= 0.6 is 0 Å². The topological polar surface area (TPSA) is 73.6 Å². The van der Waals surface area contributed by atoms with Crippen molar-refractivity contribution in [2.75, 3.05) is 32.2 Å². The van der Waals surface area contributed by atoms with E-state index in [4.69, 9.17) is 15.2 Å². The molecule has 0 radical (unpaired) electrons. The fraction of sp³-hybridized carbons (Fsp3) is 0.500. The van der Waals surface area contributed by atoms with Crippen molar-refractivity contribution >= 4 is 11.6 Å². The van der Waals surface area contributed by atoms with Gasteiger partial charge in [-0.3, -0.25) is 4.79 Å². The first-order chi connectivity index (χ1) is 9.11. The third-order valence-corrected chi connectivity index (χ3v) is 2.58. The van der Waals surface area contributed by atoms with E-state index >= 15 is 0 Å². The molecular weight excluding hydrogens is 244 g/mol. The number of rotatable bonds is 9. The molecule has 3 N–H and O–H groups in total. The van der Waals surface area contributed by atoms with Crippen molar-refractivity contribution in [2.45, 2.75) is 13.3 Å². The largest absolute Gasteiger partial charge is 0.493 e. The van der Waals surface area contributed by atoms with Crippen molar-refractivity contribution < 1.29 is 14.3 Å². The molecule has 0 aliphatic carbocycles. The second kappa shape index (κ2) is 8.37. The zero-order valence-corrected chi connectivity index (χ0v) is 11.5. The minimum Gasteiger partial charge on any atom is -0.493 e. The monoisotopic (exact) mass is 266 g/mol. The number of nitrogens with two attached hydrogens (primary N) is 1. The van der Waals surface area contributed by atoms with Crippen LogP contribution in [-0.2, 0) is 9.53 Å². The van der Waals surface area contributed by atoms with Crippen molar-refractivity contribution in [3.63, 3.8) is 0 Å². The number of nitrogens with one attached hydrogen (secondary N) is 1. The Hall–Kier alpha value is -1.75. The number of hydrogen-bond donors (Lipinski definition) is 2. The van der Waals surface area contributed by atoms with E-state index in [1.165, 1.54) is 0 Å². The molecule has 0 saturated heterocycles. The number of carbonyl (C=O) groups excluding carboxylic acids is 1. The minimum atomic E-state index is -0.356. The first-order valence-corrected chi connectivity index (χ1v) is 6.35. The van der Waals surface area contributed by atoms with Crippen LogP contribution in [0.15, 0.2) is 24.3 Å². The average Bonchev–Trinajstić information content (AvgIpc) is 2.38. The van der Waals surface area contributed by atoms with Gasteiger partial charge >= 0.3 is 0 Å². The lowest BCUT2D eigenvalue weighted by atomic mass is 10.2. The lowest BCUT2D eigenvalue weighted by Crippen LogP contribution is -2.15. The van der Waals surface area contributed by atoms with Crippen LogP contribution in [0.1, 0.15) is 13.3 Å². The molecule has 106 valence electrons. The highest BCUT2D eigenvalue weighted by molar-refractivity contribution is 5.73. The van der Waals surface area contributed by atoms with Gasteiger partial charge in [-0.05, 0) is 30.2 Å². The lowest BCUT2D eigenvalue weighted by molar-refractivity contribution is -0.118. The molecule has 0 fully saturated rings. The summed E-state index contributed by atoms with van der Waals surface area (Å²) in [5, 5.41) is 3.32. The molecule has 0 aromatic heterocycles. The van der Waals surface area contributed by atoms with Crippen molar-refractivity contribution in [1.29, 1.82) is 0 Å². The quantitative estimate of drug-likeness (QED) is 0.712. The van der Waals surface area contributed by atoms with E-state index in [1.807, 2.05) is 24.3 Å². The molecule has 1 amide bonds. The Kier molecular flexibility index (Phi) is 6.74. The second-order valence-corrected chi connectivity index (χ2v) is 4.53. The van der Waals surface area contributed by atoms with E-state index in [-0.39, 0.29) is 12.3 Å². The second-order valence-electron chi connectivity index (χ2n) is 4.53. The van der Waals surface area contributed by atoms with Gasteiger partial charge in [-0.1, -0.05) is 6.92 Å². The molecule has 1 unspecified atom stereocenters. The van der Waals surface area contributed by atoms with Crippen LogP contribution in [0, 0.1) is 5.92 Å². The lowest BCUT2D eigenvalue weighted by Gasteiger charge is -2.13. The molecule has 5 nitrogen and oxygen atoms in total. The summed E-state index contributed by atoms with van der Waals surface area (Å²) in [6, 6.07) is 7.62. The molecule has 19 heavy (non-hydrogen) atoms. The maximum atomic E-state index is 10.6. The number of carbonyl (C=O) groups is 1. The molecule has 0 heterocycles. The summed E-state index contributed by atoms with van der Waals surface area (Å²) in [4.78, 5) is 10.6. The van der Waals surface area contributed by atoms with Gasteiger partial charge in [0.15, 0.2) is 0 Å². The van der Waals surface area contributed by atoms with Gasteiger partial charge in [0.05, 0.1) is 19.6 Å². The molecule has 0 aliphatic heterocycles. The van der Waals surface area contributed by atoms with E-state index in [9.17, 15) is 4.79 Å². The third-order valence-electron chi connectivity index (χ3n) is 2.58. The summed E-state index contributed by atoms with van der Waals surface area (Å²) in [6.45, 7) is 4.03. The summed E-state index contributed by atoms with van der Waals surface area (Å²) in [6.07, 6.45) is 0.231. The standard InChI is InChI=1S/C14H22N2O3/c1-11(10-18-2)9-16-12-3-5-13(6-4-12)19-8-7-14(15)17/h3-6,11,16H,7-10H2,1-2H3,(H2,15,17). The Morgan fingerprint density at radius 2 is 2.05 bits per heavy atom. The van der Waals surface area contributed by atoms with E-state index in [1.54, 1.807) is 7.11 Å². The van der Waals surface area contributed by atoms with Crippen molar-refractivity contribution in [3.8, 4) is 5.75 Å². The number of ether oxygens (including phenoxy) is 2. The predicted octanol–water partition coefficient (Wildman–Crippen LogP) is 1.64. The highest BCUT2D eigenvalue weighted by Crippen LogP contribution is 2.16. The molecule has 0 saturated carbocycles. The summed E-state index contributed by atoms with van der Waals surface area (Å²) >= 11 is 0. The Morgan fingerprint density at radius 1 is 1.37 bits per heavy atom. The van der Waals surface area contributed by atoms with E-state index in [0.717, 1.165) is 24.6 Å². The highest BCUT2D eigenvalue weighted by Gasteiger charge is 2.01.